The molecule has 0 spiro atoms. The number of rotatable bonds is 11. The summed E-state index contributed by atoms with van der Waals surface area (Å²) in [5.74, 6) is -1.75. The minimum atomic E-state index is -4.30. The van der Waals surface area contributed by atoms with Gasteiger partial charge in [0, 0.05) is 13.1 Å². The summed E-state index contributed by atoms with van der Waals surface area (Å²) >= 11 is 0. The first kappa shape index (κ1) is 26.9. The summed E-state index contributed by atoms with van der Waals surface area (Å²) in [7, 11) is -4.30. The number of sulfonamides is 1. The molecule has 0 saturated carbocycles. The van der Waals surface area contributed by atoms with Crippen molar-refractivity contribution in [2.45, 2.75) is 37.8 Å². The van der Waals surface area contributed by atoms with Crippen LogP contribution in [0.15, 0.2) is 89.8 Å². The third kappa shape index (κ3) is 6.28. The summed E-state index contributed by atoms with van der Waals surface area (Å²) < 4.78 is 42.8. The zero-order valence-electron chi connectivity index (χ0n) is 20.3. The van der Waals surface area contributed by atoms with Crippen molar-refractivity contribution in [2.24, 2.45) is 0 Å². The second kappa shape index (κ2) is 12.3. The van der Waals surface area contributed by atoms with Crippen LogP contribution in [0.4, 0.5) is 10.1 Å². The van der Waals surface area contributed by atoms with Gasteiger partial charge in [-0.3, -0.25) is 13.9 Å². The lowest BCUT2D eigenvalue weighted by Gasteiger charge is -2.33. The molecule has 7 nitrogen and oxygen atoms in total. The van der Waals surface area contributed by atoms with E-state index in [-0.39, 0.29) is 23.0 Å². The maximum Gasteiger partial charge on any atom is 0.264 e. The Morgan fingerprint density at radius 1 is 0.889 bits per heavy atom. The number of amides is 2. The van der Waals surface area contributed by atoms with Crippen molar-refractivity contribution in [3.8, 4) is 0 Å². The highest BCUT2D eigenvalue weighted by Crippen LogP contribution is 2.27. The summed E-state index contributed by atoms with van der Waals surface area (Å²) in [6.07, 6.45) is 0.315. The zero-order chi connectivity index (χ0) is 26.1. The molecule has 0 saturated heterocycles. The normalized spacial score (nSPS) is 12.0. The van der Waals surface area contributed by atoms with E-state index in [1.165, 1.54) is 35.2 Å². The number of hydrogen-bond donors (Lipinski definition) is 1. The predicted molar refractivity (Wildman–Crippen MR) is 137 cm³/mol. The fourth-order valence-corrected chi connectivity index (χ4v) is 5.32. The largest absolute Gasteiger partial charge is 0.355 e. The molecule has 0 fully saturated rings. The van der Waals surface area contributed by atoms with Crippen molar-refractivity contribution in [1.82, 2.24) is 10.2 Å². The van der Waals surface area contributed by atoms with Gasteiger partial charge in [0.1, 0.15) is 18.4 Å². The molecule has 0 heterocycles. The molecule has 3 rings (SSSR count). The first-order valence-corrected chi connectivity index (χ1v) is 13.2. The van der Waals surface area contributed by atoms with Crippen molar-refractivity contribution in [3.63, 3.8) is 0 Å². The highest BCUT2D eigenvalue weighted by molar-refractivity contribution is 7.92. The first-order valence-electron chi connectivity index (χ1n) is 11.7. The number of hydrogen-bond acceptors (Lipinski definition) is 4. The SMILES string of the molecule is CCNC(=O)[C@@H](CC)N(Cc1ccccc1)C(=O)CN(c1ccccc1F)S(=O)(=O)c1ccccc1. The lowest BCUT2D eigenvalue weighted by atomic mass is 10.1. The van der Waals surface area contributed by atoms with Crippen molar-refractivity contribution in [3.05, 3.63) is 96.3 Å². The number of nitrogens with one attached hydrogen (secondary N) is 1. The Kier molecular flexibility index (Phi) is 9.19. The van der Waals surface area contributed by atoms with Crippen LogP contribution in [0.2, 0.25) is 0 Å². The number of likely N-dealkylation sites (N-methyl/N-ethyl adjacent to an activating group) is 1. The highest BCUT2D eigenvalue weighted by atomic mass is 32.2. The van der Waals surface area contributed by atoms with Crippen LogP contribution in [-0.2, 0) is 26.2 Å². The second-order valence-corrected chi connectivity index (χ2v) is 9.96. The summed E-state index contributed by atoms with van der Waals surface area (Å²) in [5.41, 5.74) is 0.525. The Morgan fingerprint density at radius 3 is 2.06 bits per heavy atom. The van der Waals surface area contributed by atoms with Gasteiger partial charge in [0.15, 0.2) is 0 Å². The number of anilines is 1. The van der Waals surface area contributed by atoms with Crippen LogP contribution < -0.4 is 9.62 Å². The number of halogens is 1. The van der Waals surface area contributed by atoms with Crippen LogP contribution in [0, 0.1) is 5.82 Å². The van der Waals surface area contributed by atoms with Crippen molar-refractivity contribution >= 4 is 27.5 Å². The average molecular weight is 512 g/mol. The van der Waals surface area contributed by atoms with Gasteiger partial charge in [-0.2, -0.15) is 0 Å². The molecule has 0 unspecified atom stereocenters. The van der Waals surface area contributed by atoms with E-state index in [0.717, 1.165) is 15.9 Å². The Hall–Kier alpha value is -3.72. The van der Waals surface area contributed by atoms with Crippen LogP contribution in [-0.4, -0.2) is 44.3 Å². The van der Waals surface area contributed by atoms with Crippen LogP contribution in [0.3, 0.4) is 0 Å². The Labute approximate surface area is 211 Å². The van der Waals surface area contributed by atoms with E-state index in [1.54, 1.807) is 32.0 Å². The van der Waals surface area contributed by atoms with Crippen LogP contribution >= 0.6 is 0 Å². The molecular weight excluding hydrogens is 481 g/mol. The molecule has 36 heavy (non-hydrogen) atoms. The van der Waals surface area contributed by atoms with Gasteiger partial charge in [-0.15, -0.1) is 0 Å². The van der Waals surface area contributed by atoms with Gasteiger partial charge in [0.2, 0.25) is 11.8 Å². The standard InChI is InChI=1S/C27H30FN3O4S/c1-3-24(27(33)29-4-2)30(19-21-13-7-5-8-14-21)26(32)20-31(25-18-12-11-17-23(25)28)36(34,35)22-15-9-6-10-16-22/h5-18,24H,3-4,19-20H2,1-2H3,(H,29,33)/t24-/m1/s1. The van der Waals surface area contributed by atoms with E-state index in [1.807, 2.05) is 30.3 Å². The molecule has 0 aliphatic rings. The molecule has 9 heteroatoms. The van der Waals surface area contributed by atoms with Crippen LogP contribution in [0.1, 0.15) is 25.8 Å². The molecular formula is C27H30FN3O4S. The third-order valence-corrected chi connectivity index (χ3v) is 7.44. The van der Waals surface area contributed by atoms with Crippen molar-refractivity contribution < 1.29 is 22.4 Å². The van der Waals surface area contributed by atoms with Crippen LogP contribution in [0.25, 0.3) is 0 Å². The number of carbonyl (C=O) groups excluding carboxylic acids is 2. The fraction of sp³-hybridized carbons (Fsp3) is 0.259. The maximum absolute atomic E-state index is 14.8. The quantitative estimate of drug-likeness (QED) is 0.422. The minimum Gasteiger partial charge on any atom is -0.355 e. The van der Waals surface area contributed by atoms with E-state index in [0.29, 0.717) is 13.0 Å². The summed E-state index contributed by atoms with van der Waals surface area (Å²) in [5, 5.41) is 2.74. The van der Waals surface area contributed by atoms with Gasteiger partial charge in [-0.05, 0) is 43.2 Å². The molecule has 2 amide bonds. The summed E-state index contributed by atoms with van der Waals surface area (Å²) in [4.78, 5) is 27.9. The number of benzene rings is 3. The molecule has 1 atom stereocenters. The predicted octanol–water partition coefficient (Wildman–Crippen LogP) is 3.96. The molecule has 0 bridgehead atoms. The van der Waals surface area contributed by atoms with Crippen molar-refractivity contribution in [1.29, 1.82) is 0 Å². The smallest absolute Gasteiger partial charge is 0.264 e. The molecule has 1 N–H and O–H groups in total. The van der Waals surface area contributed by atoms with E-state index < -0.39 is 34.3 Å². The van der Waals surface area contributed by atoms with E-state index in [9.17, 15) is 22.4 Å². The molecule has 3 aromatic carbocycles. The Balaban J connectivity index is 2.05. The molecule has 0 aliphatic carbocycles. The first-order chi connectivity index (χ1) is 17.3. The van der Waals surface area contributed by atoms with E-state index >= 15 is 0 Å². The lowest BCUT2D eigenvalue weighted by molar-refractivity contribution is -0.140. The van der Waals surface area contributed by atoms with Gasteiger partial charge >= 0.3 is 0 Å². The van der Waals surface area contributed by atoms with Crippen LogP contribution in [0.5, 0.6) is 0 Å². The van der Waals surface area contributed by atoms with Gasteiger partial charge in [-0.1, -0.05) is 67.6 Å². The minimum absolute atomic E-state index is 0.0774. The van der Waals surface area contributed by atoms with E-state index in [4.69, 9.17) is 0 Å². The monoisotopic (exact) mass is 511 g/mol. The molecule has 3 aromatic rings. The Bertz CT molecular complexity index is 1270. The summed E-state index contributed by atoms with van der Waals surface area (Å²) in [6.45, 7) is 3.35. The maximum atomic E-state index is 14.8. The molecule has 0 radical (unpaired) electrons. The lowest BCUT2D eigenvalue weighted by Crippen LogP contribution is -2.52. The second-order valence-electron chi connectivity index (χ2n) is 8.10. The van der Waals surface area contributed by atoms with Gasteiger partial charge in [0.25, 0.3) is 10.0 Å². The van der Waals surface area contributed by atoms with Crippen molar-refractivity contribution in [2.75, 3.05) is 17.4 Å². The third-order valence-electron chi connectivity index (χ3n) is 5.66. The summed E-state index contributed by atoms with van der Waals surface area (Å²) in [6, 6.07) is 21.2. The number of para-hydroxylation sites is 1. The highest BCUT2D eigenvalue weighted by Gasteiger charge is 2.34. The average Bonchev–Trinajstić information content (AvgIpc) is 2.89. The van der Waals surface area contributed by atoms with E-state index in [2.05, 4.69) is 5.32 Å². The fourth-order valence-electron chi connectivity index (χ4n) is 3.88. The number of nitrogens with zero attached hydrogens (tertiary/aromatic N) is 2. The van der Waals surface area contributed by atoms with Gasteiger partial charge in [0.05, 0.1) is 10.6 Å². The molecule has 190 valence electrons. The Morgan fingerprint density at radius 2 is 1.47 bits per heavy atom. The number of carbonyl (C=O) groups is 2. The zero-order valence-corrected chi connectivity index (χ0v) is 21.1. The van der Waals surface area contributed by atoms with Gasteiger partial charge < -0.3 is 10.2 Å². The molecule has 0 aliphatic heterocycles. The van der Waals surface area contributed by atoms with Gasteiger partial charge in [-0.25, -0.2) is 12.8 Å². The molecule has 0 aromatic heterocycles. The topological polar surface area (TPSA) is 86.8 Å².